The number of ketones is 1. The number of carboxylic acids is 1. The average molecular weight is 400 g/mol. The van der Waals surface area contributed by atoms with Gasteiger partial charge >= 0.3 is 5.97 Å². The van der Waals surface area contributed by atoms with E-state index < -0.39 is 23.6 Å². The molecule has 7 heteroatoms. The van der Waals surface area contributed by atoms with Crippen molar-refractivity contribution in [3.8, 4) is 0 Å². The maximum Gasteiger partial charge on any atom is 0.320 e. The second-order valence-corrected chi connectivity index (χ2v) is 9.00. The van der Waals surface area contributed by atoms with Gasteiger partial charge in [-0.2, -0.15) is 0 Å². The molecule has 0 fully saturated rings. The normalized spacial score (nSPS) is 17.3. The summed E-state index contributed by atoms with van der Waals surface area (Å²) in [5.41, 5.74) is 4.50. The van der Waals surface area contributed by atoms with Crippen LogP contribution in [0.5, 0.6) is 0 Å². The molecule has 0 rings (SSSR count). The zero-order chi connectivity index (χ0) is 22.1. The Morgan fingerprint density at radius 2 is 1.64 bits per heavy atom. The molecule has 164 valence electrons. The van der Waals surface area contributed by atoms with E-state index >= 15 is 0 Å². The molecule has 0 aliphatic rings. The third-order valence-corrected chi connectivity index (χ3v) is 5.44. The zero-order valence-electron chi connectivity index (χ0n) is 18.7. The molecule has 0 saturated heterocycles. The molecule has 28 heavy (non-hydrogen) atoms. The number of nitrogens with two attached hydrogens (primary N) is 1. The highest BCUT2D eigenvalue weighted by molar-refractivity contribution is 5.90. The van der Waals surface area contributed by atoms with Crippen molar-refractivity contribution in [1.82, 2.24) is 10.6 Å². The van der Waals surface area contributed by atoms with Crippen molar-refractivity contribution in [1.29, 1.82) is 0 Å². The molecule has 0 bridgehead atoms. The zero-order valence-corrected chi connectivity index (χ0v) is 18.7. The van der Waals surface area contributed by atoms with Crippen LogP contribution in [0.25, 0.3) is 0 Å². The molecule has 5 N–H and O–H groups in total. The minimum absolute atomic E-state index is 0.0529. The number of carbonyl (C=O) groups is 3. The third kappa shape index (κ3) is 9.15. The number of aliphatic carboxylic acids is 1. The van der Waals surface area contributed by atoms with Crippen LogP contribution in [-0.2, 0) is 14.4 Å². The number of nitrogens with one attached hydrogen (secondary N) is 2. The summed E-state index contributed by atoms with van der Waals surface area (Å²) in [6.07, 6.45) is 3.42. The van der Waals surface area contributed by atoms with Crippen molar-refractivity contribution < 1.29 is 19.5 Å². The SMILES string of the molecule is CCCC(C)NC(=O)C(C)NC(C)(CC(C)(C)CC)C(=O)CCC(N)C(=O)O. The Labute approximate surface area is 170 Å². The largest absolute Gasteiger partial charge is 0.480 e. The number of Topliss-reactive ketones (excluding diaryl/α,β-unsaturated/α-hetero) is 1. The second kappa shape index (κ2) is 11.5. The standard InChI is InChI=1S/C21H41N3O4/c1-8-10-14(3)23-18(26)15(4)24-21(7,13-20(5,6)9-2)17(25)12-11-16(22)19(27)28/h14-16,24H,8-13,22H2,1-7H3,(H,23,26)(H,27,28). The smallest absolute Gasteiger partial charge is 0.320 e. The average Bonchev–Trinajstić information content (AvgIpc) is 2.58. The lowest BCUT2D eigenvalue weighted by molar-refractivity contribution is -0.138. The van der Waals surface area contributed by atoms with Crippen LogP contribution in [0.2, 0.25) is 0 Å². The van der Waals surface area contributed by atoms with E-state index in [1.54, 1.807) is 13.8 Å². The van der Waals surface area contributed by atoms with E-state index in [0.29, 0.717) is 6.42 Å². The third-order valence-electron chi connectivity index (χ3n) is 5.44. The summed E-state index contributed by atoms with van der Waals surface area (Å²) in [4.78, 5) is 36.5. The first-order chi connectivity index (χ1) is 12.8. The predicted molar refractivity (Wildman–Crippen MR) is 112 cm³/mol. The lowest BCUT2D eigenvalue weighted by Gasteiger charge is -2.39. The molecule has 1 amide bonds. The fourth-order valence-electron chi connectivity index (χ4n) is 3.41. The van der Waals surface area contributed by atoms with Gasteiger partial charge in [-0.1, -0.05) is 40.5 Å². The second-order valence-electron chi connectivity index (χ2n) is 9.00. The molecule has 0 aromatic carbocycles. The van der Waals surface area contributed by atoms with E-state index in [-0.39, 0.29) is 36.0 Å². The molecule has 0 saturated carbocycles. The summed E-state index contributed by atoms with van der Waals surface area (Å²) in [7, 11) is 0. The van der Waals surface area contributed by atoms with Crippen LogP contribution in [0.15, 0.2) is 0 Å². The highest BCUT2D eigenvalue weighted by atomic mass is 16.4. The molecule has 7 nitrogen and oxygen atoms in total. The summed E-state index contributed by atoms with van der Waals surface area (Å²) in [5.74, 6) is -1.38. The van der Waals surface area contributed by atoms with Gasteiger partial charge in [0.2, 0.25) is 5.91 Å². The Hall–Kier alpha value is -1.47. The van der Waals surface area contributed by atoms with Crippen molar-refractivity contribution in [2.75, 3.05) is 0 Å². The van der Waals surface area contributed by atoms with Crippen LogP contribution in [0.4, 0.5) is 0 Å². The summed E-state index contributed by atoms with van der Waals surface area (Å²) in [6, 6.07) is -1.54. The molecule has 4 unspecified atom stereocenters. The number of carboxylic acid groups (broad SMARTS) is 1. The monoisotopic (exact) mass is 399 g/mol. The quantitative estimate of drug-likeness (QED) is 0.356. The van der Waals surface area contributed by atoms with E-state index in [1.807, 2.05) is 6.92 Å². The van der Waals surface area contributed by atoms with Gasteiger partial charge in [-0.3, -0.25) is 19.7 Å². The summed E-state index contributed by atoms with van der Waals surface area (Å²) in [6.45, 7) is 13.8. The molecule has 0 aromatic heterocycles. The van der Waals surface area contributed by atoms with Crippen molar-refractivity contribution in [2.24, 2.45) is 11.1 Å². The highest BCUT2D eigenvalue weighted by Gasteiger charge is 2.39. The van der Waals surface area contributed by atoms with Gasteiger partial charge in [-0.05, 0) is 45.4 Å². The van der Waals surface area contributed by atoms with Crippen LogP contribution >= 0.6 is 0 Å². The predicted octanol–water partition coefficient (Wildman–Crippen LogP) is 2.62. The van der Waals surface area contributed by atoms with Crippen LogP contribution in [-0.4, -0.2) is 46.4 Å². The molecule has 0 radical (unpaired) electrons. The number of hydrogen-bond acceptors (Lipinski definition) is 5. The molecular formula is C21H41N3O4. The fraction of sp³-hybridized carbons (Fsp3) is 0.857. The van der Waals surface area contributed by atoms with Gasteiger partial charge in [-0.15, -0.1) is 0 Å². The number of carbonyl (C=O) groups excluding carboxylic acids is 2. The number of rotatable bonds is 14. The first-order valence-corrected chi connectivity index (χ1v) is 10.4. The van der Waals surface area contributed by atoms with Crippen molar-refractivity contribution in [2.45, 2.75) is 111 Å². The Balaban J connectivity index is 5.30. The number of amides is 1. The summed E-state index contributed by atoms with van der Waals surface area (Å²) >= 11 is 0. The molecule has 0 spiro atoms. The van der Waals surface area contributed by atoms with Gasteiger partial charge in [-0.25, -0.2) is 0 Å². The fourth-order valence-corrected chi connectivity index (χ4v) is 3.41. The lowest BCUT2D eigenvalue weighted by Crippen LogP contribution is -2.59. The highest BCUT2D eigenvalue weighted by Crippen LogP contribution is 2.33. The van der Waals surface area contributed by atoms with E-state index in [0.717, 1.165) is 19.3 Å². The van der Waals surface area contributed by atoms with Crippen molar-refractivity contribution >= 4 is 17.7 Å². The molecule has 0 heterocycles. The molecule has 0 aliphatic heterocycles. The first kappa shape index (κ1) is 26.5. The Kier molecular flexibility index (Phi) is 10.9. The van der Waals surface area contributed by atoms with Crippen LogP contribution in [0, 0.1) is 5.41 Å². The van der Waals surface area contributed by atoms with Crippen molar-refractivity contribution in [3.63, 3.8) is 0 Å². The van der Waals surface area contributed by atoms with Gasteiger partial charge in [0.05, 0.1) is 11.6 Å². The van der Waals surface area contributed by atoms with Crippen LogP contribution in [0.1, 0.15) is 87.0 Å². The topological polar surface area (TPSA) is 122 Å². The van der Waals surface area contributed by atoms with E-state index in [1.165, 1.54) is 0 Å². The Bertz CT molecular complexity index is 536. The molecule has 0 aliphatic carbocycles. The van der Waals surface area contributed by atoms with Gasteiger partial charge < -0.3 is 16.2 Å². The van der Waals surface area contributed by atoms with Crippen LogP contribution in [0.3, 0.4) is 0 Å². The van der Waals surface area contributed by atoms with Gasteiger partial charge in [0.25, 0.3) is 0 Å². The van der Waals surface area contributed by atoms with Gasteiger partial charge in [0, 0.05) is 12.5 Å². The van der Waals surface area contributed by atoms with Crippen molar-refractivity contribution in [3.05, 3.63) is 0 Å². The minimum atomic E-state index is -1.12. The van der Waals surface area contributed by atoms with Gasteiger partial charge in [0.1, 0.15) is 6.04 Å². The van der Waals surface area contributed by atoms with E-state index in [4.69, 9.17) is 10.8 Å². The van der Waals surface area contributed by atoms with Crippen LogP contribution < -0.4 is 16.4 Å². The molecule has 0 aromatic rings. The Morgan fingerprint density at radius 3 is 2.11 bits per heavy atom. The summed E-state index contributed by atoms with van der Waals surface area (Å²) in [5, 5.41) is 15.2. The minimum Gasteiger partial charge on any atom is -0.480 e. The van der Waals surface area contributed by atoms with E-state index in [2.05, 4.69) is 38.3 Å². The molecule has 4 atom stereocenters. The van der Waals surface area contributed by atoms with E-state index in [9.17, 15) is 14.4 Å². The molecular weight excluding hydrogens is 358 g/mol. The lowest BCUT2D eigenvalue weighted by atomic mass is 9.74. The maximum atomic E-state index is 13.0. The number of hydrogen-bond donors (Lipinski definition) is 4. The van der Waals surface area contributed by atoms with Gasteiger partial charge in [0.15, 0.2) is 5.78 Å². The first-order valence-electron chi connectivity index (χ1n) is 10.4. The summed E-state index contributed by atoms with van der Waals surface area (Å²) < 4.78 is 0. The Morgan fingerprint density at radius 1 is 1.07 bits per heavy atom. The maximum absolute atomic E-state index is 13.0.